The molecule has 2 rings (SSSR count). The molecule has 19 heavy (non-hydrogen) atoms. The van der Waals surface area contributed by atoms with E-state index in [-0.39, 0.29) is 6.04 Å². The lowest BCUT2D eigenvalue weighted by molar-refractivity contribution is 0.325. The fourth-order valence-corrected chi connectivity index (χ4v) is 2.97. The summed E-state index contributed by atoms with van der Waals surface area (Å²) in [4.78, 5) is 2.54. The first-order chi connectivity index (χ1) is 9.03. The van der Waals surface area contributed by atoms with Crippen molar-refractivity contribution in [1.82, 2.24) is 0 Å². The minimum absolute atomic E-state index is 0.160. The Kier molecular flexibility index (Phi) is 4.51. The molecule has 1 atom stereocenters. The number of hydrogen-bond acceptors (Lipinski definition) is 2. The predicted molar refractivity (Wildman–Crippen MR) is 83.5 cm³/mol. The van der Waals surface area contributed by atoms with E-state index in [0.717, 1.165) is 19.5 Å². The van der Waals surface area contributed by atoms with E-state index in [9.17, 15) is 0 Å². The number of rotatable bonds is 3. The zero-order chi connectivity index (χ0) is 13.9. The van der Waals surface area contributed by atoms with Gasteiger partial charge in [-0.25, -0.2) is 0 Å². The van der Waals surface area contributed by atoms with Gasteiger partial charge in [0.25, 0.3) is 0 Å². The summed E-state index contributed by atoms with van der Waals surface area (Å²) in [5, 5.41) is 0. The van der Waals surface area contributed by atoms with Crippen LogP contribution in [-0.2, 0) is 0 Å². The second-order valence-corrected chi connectivity index (χ2v) is 6.58. The lowest BCUT2D eigenvalue weighted by atomic mass is 9.85. The molecule has 0 bridgehead atoms. The van der Waals surface area contributed by atoms with Gasteiger partial charge in [-0.2, -0.15) is 0 Å². The van der Waals surface area contributed by atoms with Gasteiger partial charge >= 0.3 is 0 Å². The summed E-state index contributed by atoms with van der Waals surface area (Å²) in [5.74, 6) is 0. The van der Waals surface area contributed by atoms with Gasteiger partial charge < -0.3 is 10.6 Å². The fourth-order valence-electron chi connectivity index (χ4n) is 2.97. The molecule has 0 aliphatic carbocycles. The fraction of sp³-hybridized carbons (Fsp3) is 0.647. The molecule has 1 aromatic rings. The van der Waals surface area contributed by atoms with Crippen LogP contribution in [0.4, 0.5) is 5.69 Å². The van der Waals surface area contributed by atoms with Gasteiger partial charge in [0, 0.05) is 24.8 Å². The molecule has 1 saturated heterocycles. The number of hydrogen-bond donors (Lipinski definition) is 1. The molecule has 106 valence electrons. The maximum absolute atomic E-state index is 6.27. The Morgan fingerprint density at radius 2 is 1.95 bits per heavy atom. The Bertz CT molecular complexity index is 411. The van der Waals surface area contributed by atoms with E-state index < -0.39 is 0 Å². The molecule has 2 N–H and O–H groups in total. The maximum atomic E-state index is 6.27. The van der Waals surface area contributed by atoms with Gasteiger partial charge in [-0.1, -0.05) is 39.0 Å². The third-order valence-corrected chi connectivity index (χ3v) is 4.46. The topological polar surface area (TPSA) is 29.3 Å². The van der Waals surface area contributed by atoms with Crippen LogP contribution in [0.5, 0.6) is 0 Å². The quantitative estimate of drug-likeness (QED) is 0.886. The standard InChI is InChI=1S/C17H28N2/c1-4-15(18)14-8-5-6-9-16(14)19-12-7-10-17(2,3)11-13-19/h5-6,8-9,15H,4,7,10-13,18H2,1-3H3/t15-/m1/s1. The van der Waals surface area contributed by atoms with E-state index in [0.29, 0.717) is 5.41 Å². The molecular formula is C17H28N2. The molecule has 2 heteroatoms. The Balaban J connectivity index is 2.22. The van der Waals surface area contributed by atoms with E-state index in [2.05, 4.69) is 49.9 Å². The van der Waals surface area contributed by atoms with Crippen LogP contribution in [0, 0.1) is 5.41 Å². The van der Waals surface area contributed by atoms with Crippen molar-refractivity contribution in [2.45, 2.75) is 52.5 Å². The van der Waals surface area contributed by atoms with E-state index in [1.54, 1.807) is 0 Å². The normalized spacial score (nSPS) is 20.9. The maximum Gasteiger partial charge on any atom is 0.0414 e. The lowest BCUT2D eigenvalue weighted by Crippen LogP contribution is -2.27. The number of nitrogens with zero attached hydrogens (tertiary/aromatic N) is 1. The molecule has 1 aliphatic heterocycles. The third kappa shape index (κ3) is 3.50. The van der Waals surface area contributed by atoms with Gasteiger partial charge in [-0.05, 0) is 42.7 Å². The Hall–Kier alpha value is -1.02. The van der Waals surface area contributed by atoms with Crippen molar-refractivity contribution in [2.24, 2.45) is 11.1 Å². The van der Waals surface area contributed by atoms with Crippen LogP contribution in [-0.4, -0.2) is 13.1 Å². The second-order valence-electron chi connectivity index (χ2n) is 6.58. The zero-order valence-electron chi connectivity index (χ0n) is 12.7. The smallest absolute Gasteiger partial charge is 0.0414 e. The predicted octanol–water partition coefficient (Wildman–Crippen LogP) is 4.11. The van der Waals surface area contributed by atoms with Crippen LogP contribution in [0.1, 0.15) is 58.1 Å². The highest BCUT2D eigenvalue weighted by Crippen LogP contribution is 2.34. The number of anilines is 1. The molecule has 1 aromatic carbocycles. The summed E-state index contributed by atoms with van der Waals surface area (Å²) < 4.78 is 0. The summed E-state index contributed by atoms with van der Waals surface area (Å²) >= 11 is 0. The molecule has 1 heterocycles. The molecular weight excluding hydrogens is 232 g/mol. The molecule has 2 nitrogen and oxygen atoms in total. The lowest BCUT2D eigenvalue weighted by Gasteiger charge is -2.28. The van der Waals surface area contributed by atoms with Crippen LogP contribution in [0.25, 0.3) is 0 Å². The average Bonchev–Trinajstić information content (AvgIpc) is 2.59. The highest BCUT2D eigenvalue weighted by Gasteiger charge is 2.24. The van der Waals surface area contributed by atoms with Crippen molar-refractivity contribution in [1.29, 1.82) is 0 Å². The van der Waals surface area contributed by atoms with Gasteiger partial charge in [-0.3, -0.25) is 0 Å². The molecule has 0 spiro atoms. The van der Waals surface area contributed by atoms with Gasteiger partial charge in [0.2, 0.25) is 0 Å². The van der Waals surface area contributed by atoms with Crippen molar-refractivity contribution in [2.75, 3.05) is 18.0 Å². The van der Waals surface area contributed by atoms with Crippen molar-refractivity contribution in [3.05, 3.63) is 29.8 Å². The third-order valence-electron chi connectivity index (χ3n) is 4.46. The summed E-state index contributed by atoms with van der Waals surface area (Å²) in [6, 6.07) is 8.84. The van der Waals surface area contributed by atoms with Gasteiger partial charge in [0.15, 0.2) is 0 Å². The largest absolute Gasteiger partial charge is 0.371 e. The first-order valence-corrected chi connectivity index (χ1v) is 7.63. The van der Waals surface area contributed by atoms with Gasteiger partial charge in [0.05, 0.1) is 0 Å². The van der Waals surface area contributed by atoms with Crippen LogP contribution in [0.2, 0.25) is 0 Å². The van der Waals surface area contributed by atoms with Crippen molar-refractivity contribution in [3.63, 3.8) is 0 Å². The Morgan fingerprint density at radius 3 is 2.68 bits per heavy atom. The summed E-state index contributed by atoms with van der Waals surface area (Å²) in [7, 11) is 0. The second kappa shape index (κ2) is 5.96. The first-order valence-electron chi connectivity index (χ1n) is 7.63. The molecule has 0 amide bonds. The molecule has 1 fully saturated rings. The minimum Gasteiger partial charge on any atom is -0.371 e. The van der Waals surface area contributed by atoms with Crippen LogP contribution in [0.15, 0.2) is 24.3 Å². The molecule has 1 aliphatic rings. The highest BCUT2D eigenvalue weighted by molar-refractivity contribution is 5.55. The first kappa shape index (κ1) is 14.4. The highest BCUT2D eigenvalue weighted by atomic mass is 15.1. The monoisotopic (exact) mass is 260 g/mol. The Morgan fingerprint density at radius 1 is 1.21 bits per heavy atom. The molecule has 0 aromatic heterocycles. The van der Waals surface area contributed by atoms with E-state index in [1.165, 1.54) is 30.5 Å². The molecule has 0 unspecified atom stereocenters. The van der Waals surface area contributed by atoms with Crippen LogP contribution in [0.3, 0.4) is 0 Å². The van der Waals surface area contributed by atoms with E-state index >= 15 is 0 Å². The van der Waals surface area contributed by atoms with E-state index in [1.807, 2.05) is 0 Å². The minimum atomic E-state index is 0.160. The van der Waals surface area contributed by atoms with E-state index in [4.69, 9.17) is 5.73 Å². The molecule has 0 radical (unpaired) electrons. The molecule has 0 saturated carbocycles. The number of nitrogens with two attached hydrogens (primary N) is 1. The Labute approximate surface area is 118 Å². The number of benzene rings is 1. The summed E-state index contributed by atoms with van der Waals surface area (Å²) in [5.41, 5.74) is 9.42. The SMILES string of the molecule is CC[C@@H](N)c1ccccc1N1CCCC(C)(C)CC1. The zero-order valence-corrected chi connectivity index (χ0v) is 12.7. The summed E-state index contributed by atoms with van der Waals surface area (Å²) in [6.45, 7) is 9.25. The van der Waals surface area contributed by atoms with Gasteiger partial charge in [-0.15, -0.1) is 0 Å². The van der Waals surface area contributed by atoms with Crippen molar-refractivity contribution >= 4 is 5.69 Å². The summed E-state index contributed by atoms with van der Waals surface area (Å²) in [6.07, 6.45) is 4.87. The van der Waals surface area contributed by atoms with Crippen molar-refractivity contribution < 1.29 is 0 Å². The number of para-hydroxylation sites is 1. The van der Waals surface area contributed by atoms with Crippen LogP contribution < -0.4 is 10.6 Å². The van der Waals surface area contributed by atoms with Crippen molar-refractivity contribution in [3.8, 4) is 0 Å². The average molecular weight is 260 g/mol. The van der Waals surface area contributed by atoms with Gasteiger partial charge in [0.1, 0.15) is 0 Å². The van der Waals surface area contributed by atoms with Crippen LogP contribution >= 0.6 is 0 Å².